The summed E-state index contributed by atoms with van der Waals surface area (Å²) in [4.78, 5) is 15.3. The summed E-state index contributed by atoms with van der Waals surface area (Å²) in [6, 6.07) is 31.9. The molecule has 1 saturated heterocycles. The van der Waals surface area contributed by atoms with Gasteiger partial charge in [-0.15, -0.1) is 5.10 Å². The van der Waals surface area contributed by atoms with Crippen molar-refractivity contribution in [3.8, 4) is 11.1 Å². The van der Waals surface area contributed by atoms with E-state index in [-0.39, 0.29) is 5.91 Å². The third-order valence-corrected chi connectivity index (χ3v) is 6.50. The van der Waals surface area contributed by atoms with E-state index in [0.717, 1.165) is 22.3 Å². The minimum atomic E-state index is -0.129. The van der Waals surface area contributed by atoms with E-state index in [0.29, 0.717) is 22.4 Å². The summed E-state index contributed by atoms with van der Waals surface area (Å²) in [5.41, 5.74) is 4.29. The zero-order chi connectivity index (χ0) is 24.6. The first kappa shape index (κ1) is 23.3. The molecule has 0 spiro atoms. The summed E-state index contributed by atoms with van der Waals surface area (Å²) in [6.45, 7) is 0.290. The van der Waals surface area contributed by atoms with Crippen molar-refractivity contribution in [1.82, 2.24) is 4.90 Å². The van der Waals surface area contributed by atoms with Crippen LogP contribution in [-0.2, 0) is 11.3 Å². The van der Waals surface area contributed by atoms with E-state index in [1.807, 2.05) is 85.0 Å². The lowest BCUT2D eigenvalue weighted by Crippen LogP contribution is -2.28. The molecule has 0 radical (unpaired) electrons. The van der Waals surface area contributed by atoms with Crippen LogP contribution in [0.25, 0.3) is 17.2 Å². The van der Waals surface area contributed by atoms with Gasteiger partial charge in [-0.25, -0.2) is 0 Å². The lowest BCUT2D eigenvalue weighted by molar-refractivity contribution is -0.122. The maximum atomic E-state index is 13.1. The topological polar surface area (TPSA) is 58.2 Å². The van der Waals surface area contributed by atoms with Gasteiger partial charge in [0, 0.05) is 0 Å². The van der Waals surface area contributed by atoms with Gasteiger partial charge in [0.2, 0.25) is 0 Å². The number of thioether (sulfide) groups is 1. The standard InChI is InChI=1S/C30H23N3O2S/c34-29-28(15-7-11-23-9-3-1-4-10-23)36-30(33(29)22-27-14-8-20-35-27)32-31-21-24-16-18-26(19-17-24)25-12-5-2-6-13-25/h1-21H,22H2/b11-7+,28-15-,31-21+,32-30+. The number of amides is 1. The molecule has 0 saturated carbocycles. The van der Waals surface area contributed by atoms with E-state index >= 15 is 0 Å². The fourth-order valence-electron chi connectivity index (χ4n) is 3.64. The van der Waals surface area contributed by atoms with E-state index in [4.69, 9.17) is 4.42 Å². The van der Waals surface area contributed by atoms with Gasteiger partial charge >= 0.3 is 0 Å². The largest absolute Gasteiger partial charge is 0.467 e. The van der Waals surface area contributed by atoms with Gasteiger partial charge in [-0.05, 0) is 52.2 Å². The number of carbonyl (C=O) groups excluding carboxylic acids is 1. The lowest BCUT2D eigenvalue weighted by Gasteiger charge is -2.12. The Morgan fingerprint density at radius 3 is 2.25 bits per heavy atom. The van der Waals surface area contributed by atoms with Crippen molar-refractivity contribution in [2.75, 3.05) is 0 Å². The third kappa shape index (κ3) is 5.79. The molecule has 1 aliphatic heterocycles. The van der Waals surface area contributed by atoms with Crippen LogP contribution in [0.5, 0.6) is 0 Å². The summed E-state index contributed by atoms with van der Waals surface area (Å²) < 4.78 is 5.46. The molecule has 4 aromatic rings. The van der Waals surface area contributed by atoms with Gasteiger partial charge in [-0.1, -0.05) is 97.1 Å². The molecule has 0 atom stereocenters. The molecule has 0 unspecified atom stereocenters. The molecule has 176 valence electrons. The molecule has 1 aromatic heterocycles. The van der Waals surface area contributed by atoms with Crippen LogP contribution in [0, 0.1) is 0 Å². The van der Waals surface area contributed by atoms with Crippen LogP contribution >= 0.6 is 11.8 Å². The monoisotopic (exact) mass is 489 g/mol. The van der Waals surface area contributed by atoms with Gasteiger partial charge in [-0.2, -0.15) is 5.10 Å². The van der Waals surface area contributed by atoms with Crippen molar-refractivity contribution in [2.45, 2.75) is 6.54 Å². The fraction of sp³-hybridized carbons (Fsp3) is 0.0333. The number of rotatable bonds is 7. The van der Waals surface area contributed by atoms with Gasteiger partial charge in [0.15, 0.2) is 5.17 Å². The van der Waals surface area contributed by atoms with Crippen molar-refractivity contribution in [2.24, 2.45) is 10.2 Å². The van der Waals surface area contributed by atoms with Crippen molar-refractivity contribution in [1.29, 1.82) is 0 Å². The summed E-state index contributed by atoms with van der Waals surface area (Å²) in [7, 11) is 0. The Kier molecular flexibility index (Phi) is 7.35. The van der Waals surface area contributed by atoms with E-state index < -0.39 is 0 Å². The highest BCUT2D eigenvalue weighted by Gasteiger charge is 2.33. The Morgan fingerprint density at radius 1 is 0.806 bits per heavy atom. The second-order valence-electron chi connectivity index (χ2n) is 7.99. The molecule has 5 rings (SSSR count). The predicted octanol–water partition coefficient (Wildman–Crippen LogP) is 7.01. The molecule has 0 bridgehead atoms. The zero-order valence-corrected chi connectivity index (χ0v) is 20.2. The number of allylic oxidation sites excluding steroid dienone is 2. The number of benzene rings is 3. The minimum Gasteiger partial charge on any atom is -0.467 e. The van der Waals surface area contributed by atoms with E-state index in [1.165, 1.54) is 11.8 Å². The summed E-state index contributed by atoms with van der Waals surface area (Å²) >= 11 is 1.30. The maximum Gasteiger partial charge on any atom is 0.267 e. The number of hydrogen-bond donors (Lipinski definition) is 0. The average molecular weight is 490 g/mol. The Labute approximate surface area is 214 Å². The molecule has 0 N–H and O–H groups in total. The Hall–Kier alpha value is -4.42. The normalized spacial score (nSPS) is 16.2. The highest BCUT2D eigenvalue weighted by molar-refractivity contribution is 8.18. The van der Waals surface area contributed by atoms with Crippen LogP contribution in [0.15, 0.2) is 135 Å². The smallest absolute Gasteiger partial charge is 0.267 e. The summed E-state index contributed by atoms with van der Waals surface area (Å²) in [5.74, 6) is 0.550. The number of carbonyl (C=O) groups is 1. The molecular weight excluding hydrogens is 466 g/mol. The fourth-order valence-corrected chi connectivity index (χ4v) is 4.53. The number of hydrogen-bond acceptors (Lipinski definition) is 5. The van der Waals surface area contributed by atoms with Gasteiger partial charge in [0.1, 0.15) is 5.76 Å². The van der Waals surface area contributed by atoms with Gasteiger partial charge in [0.25, 0.3) is 5.91 Å². The summed E-state index contributed by atoms with van der Waals surface area (Å²) in [6.07, 6.45) is 8.93. The Bertz CT molecular complexity index is 1420. The lowest BCUT2D eigenvalue weighted by atomic mass is 10.0. The quantitative estimate of drug-likeness (QED) is 0.159. The van der Waals surface area contributed by atoms with Gasteiger partial charge in [-0.3, -0.25) is 9.69 Å². The first-order valence-electron chi connectivity index (χ1n) is 11.5. The van der Waals surface area contributed by atoms with Crippen LogP contribution in [0.4, 0.5) is 0 Å². The Balaban J connectivity index is 1.34. The Morgan fingerprint density at radius 2 is 1.53 bits per heavy atom. The van der Waals surface area contributed by atoms with Gasteiger partial charge in [0.05, 0.1) is 23.9 Å². The first-order valence-corrected chi connectivity index (χ1v) is 12.3. The molecular formula is C30H23N3O2S. The molecule has 1 amide bonds. The molecule has 0 aliphatic carbocycles. The van der Waals surface area contributed by atoms with Crippen molar-refractivity contribution < 1.29 is 9.21 Å². The maximum absolute atomic E-state index is 13.1. The second-order valence-corrected chi connectivity index (χ2v) is 9.00. The minimum absolute atomic E-state index is 0.129. The molecule has 3 aromatic carbocycles. The molecule has 1 aliphatic rings. The molecule has 2 heterocycles. The number of nitrogens with zero attached hydrogens (tertiary/aromatic N) is 3. The van der Waals surface area contributed by atoms with Gasteiger partial charge < -0.3 is 4.42 Å². The van der Waals surface area contributed by atoms with Crippen molar-refractivity contribution in [3.05, 3.63) is 137 Å². The van der Waals surface area contributed by atoms with E-state index in [1.54, 1.807) is 23.4 Å². The highest BCUT2D eigenvalue weighted by Crippen LogP contribution is 2.32. The predicted molar refractivity (Wildman–Crippen MR) is 147 cm³/mol. The highest BCUT2D eigenvalue weighted by atomic mass is 32.2. The van der Waals surface area contributed by atoms with Crippen LogP contribution in [0.3, 0.4) is 0 Å². The number of amidine groups is 1. The second kappa shape index (κ2) is 11.3. The van der Waals surface area contributed by atoms with Crippen LogP contribution in [0.2, 0.25) is 0 Å². The molecule has 6 heteroatoms. The zero-order valence-electron chi connectivity index (χ0n) is 19.4. The van der Waals surface area contributed by atoms with Crippen LogP contribution < -0.4 is 0 Å². The van der Waals surface area contributed by atoms with Crippen LogP contribution in [-0.4, -0.2) is 22.2 Å². The average Bonchev–Trinajstić information content (AvgIpc) is 3.55. The molecule has 5 nitrogen and oxygen atoms in total. The molecule has 1 fully saturated rings. The first-order chi connectivity index (χ1) is 17.8. The van der Waals surface area contributed by atoms with E-state index in [9.17, 15) is 4.79 Å². The van der Waals surface area contributed by atoms with Crippen molar-refractivity contribution >= 4 is 35.1 Å². The third-order valence-electron chi connectivity index (χ3n) is 5.49. The molecule has 36 heavy (non-hydrogen) atoms. The van der Waals surface area contributed by atoms with Crippen molar-refractivity contribution in [3.63, 3.8) is 0 Å². The van der Waals surface area contributed by atoms with Crippen LogP contribution in [0.1, 0.15) is 16.9 Å². The van der Waals surface area contributed by atoms with E-state index in [2.05, 4.69) is 34.5 Å². The SMILES string of the molecule is O=C1/C(=C/C=C/c2ccccc2)S/C(=N/N=C/c2ccc(-c3ccccc3)cc2)N1Cc1ccco1. The number of furan rings is 1. The summed E-state index contributed by atoms with van der Waals surface area (Å²) in [5, 5.41) is 9.16.